The van der Waals surface area contributed by atoms with Crippen LogP contribution in [0.25, 0.3) is 11.1 Å². The van der Waals surface area contributed by atoms with Crippen molar-refractivity contribution < 1.29 is 27.9 Å². The summed E-state index contributed by atoms with van der Waals surface area (Å²) in [5.74, 6) is -1.51. The highest BCUT2D eigenvalue weighted by Crippen LogP contribution is 2.35. The Morgan fingerprint density at radius 3 is 2.34 bits per heavy atom. The van der Waals surface area contributed by atoms with Gasteiger partial charge in [0.2, 0.25) is 10.0 Å². The lowest BCUT2D eigenvalue weighted by Gasteiger charge is -2.42. The highest BCUT2D eigenvalue weighted by Gasteiger charge is 2.38. The largest absolute Gasteiger partial charge is 0.481 e. The number of benzene rings is 2. The van der Waals surface area contributed by atoms with Gasteiger partial charge in [0.25, 0.3) is 0 Å². The number of likely N-dealkylation sites (tertiary alicyclic amines) is 1. The topological polar surface area (TPSA) is 113 Å². The number of nitrogens with one attached hydrogen (secondary N) is 1. The summed E-state index contributed by atoms with van der Waals surface area (Å²) in [5.41, 5.74) is 2.66. The molecule has 0 aliphatic carbocycles. The van der Waals surface area contributed by atoms with Crippen LogP contribution in [0.4, 0.5) is 4.79 Å². The Balaban J connectivity index is 2.07. The van der Waals surface area contributed by atoms with Crippen molar-refractivity contribution >= 4 is 22.1 Å². The first-order chi connectivity index (χ1) is 17.8. The normalized spacial score (nSPS) is 19.1. The standard InChI is InChI=1S/C29H40N2O6S/c1-6-12-24(27(32)33)23-16-10-9-15-22(23)21-14-8-7-13-20(21)19-26-25(30-38(5,35)36)17-11-18-31(26)28(34)37-29(2,3)4/h7-10,13-16,24-26,30H,6,11-12,17-19H2,1-5H3,(H,32,33). The molecule has 0 saturated carbocycles. The Kier molecular flexibility index (Phi) is 9.59. The second kappa shape index (κ2) is 12.3. The molecule has 1 aliphatic heterocycles. The lowest BCUT2D eigenvalue weighted by atomic mass is 9.84. The minimum Gasteiger partial charge on any atom is -0.481 e. The Bertz CT molecular complexity index is 1240. The van der Waals surface area contributed by atoms with Crippen molar-refractivity contribution in [2.75, 3.05) is 12.8 Å². The third-order valence-corrected chi connectivity index (χ3v) is 7.45. The maximum Gasteiger partial charge on any atom is 0.410 e. The fourth-order valence-electron chi connectivity index (χ4n) is 5.20. The Morgan fingerprint density at radius 2 is 1.74 bits per heavy atom. The van der Waals surface area contributed by atoms with Crippen molar-refractivity contribution in [2.24, 2.45) is 0 Å². The van der Waals surface area contributed by atoms with E-state index in [9.17, 15) is 23.1 Å². The molecule has 2 aromatic rings. The van der Waals surface area contributed by atoms with E-state index in [-0.39, 0.29) is 0 Å². The molecule has 38 heavy (non-hydrogen) atoms. The van der Waals surface area contributed by atoms with E-state index in [2.05, 4.69) is 4.72 Å². The third-order valence-electron chi connectivity index (χ3n) is 6.72. The molecule has 3 unspecified atom stereocenters. The van der Waals surface area contributed by atoms with Gasteiger partial charge in [-0.25, -0.2) is 17.9 Å². The van der Waals surface area contributed by atoms with Crippen LogP contribution in [0.15, 0.2) is 48.5 Å². The number of carboxylic acids is 1. The molecule has 9 heteroatoms. The lowest BCUT2D eigenvalue weighted by molar-refractivity contribution is -0.139. The van der Waals surface area contributed by atoms with Crippen molar-refractivity contribution in [2.45, 2.75) is 83.4 Å². The van der Waals surface area contributed by atoms with Crippen LogP contribution in [0, 0.1) is 0 Å². The fraction of sp³-hybridized carbons (Fsp3) is 0.517. The van der Waals surface area contributed by atoms with Crippen molar-refractivity contribution in [1.82, 2.24) is 9.62 Å². The summed E-state index contributed by atoms with van der Waals surface area (Å²) in [6.45, 7) is 7.83. The molecule has 1 heterocycles. The maximum atomic E-state index is 13.2. The second-order valence-electron chi connectivity index (χ2n) is 11.0. The maximum absolute atomic E-state index is 13.2. The number of carbonyl (C=O) groups is 2. The molecule has 1 aliphatic rings. The van der Waals surface area contributed by atoms with Gasteiger partial charge in [-0.2, -0.15) is 0 Å². The molecule has 2 aromatic carbocycles. The summed E-state index contributed by atoms with van der Waals surface area (Å²) >= 11 is 0. The van der Waals surface area contributed by atoms with Crippen LogP contribution in [0.1, 0.15) is 70.4 Å². The zero-order valence-corrected chi connectivity index (χ0v) is 23.8. The van der Waals surface area contributed by atoms with Gasteiger partial charge in [-0.3, -0.25) is 4.79 Å². The zero-order chi connectivity index (χ0) is 28.1. The van der Waals surface area contributed by atoms with Crippen LogP contribution in [-0.2, 0) is 26.0 Å². The number of rotatable bonds is 9. The number of amides is 1. The molecule has 1 saturated heterocycles. The SMILES string of the molecule is CCCC(C(=O)O)c1ccccc1-c1ccccc1CC1C(NS(C)(=O)=O)CCCN1C(=O)OC(C)(C)C. The third kappa shape index (κ3) is 7.80. The molecular formula is C29H40N2O6S. The highest BCUT2D eigenvalue weighted by atomic mass is 32.2. The van der Waals surface area contributed by atoms with Gasteiger partial charge >= 0.3 is 12.1 Å². The minimum atomic E-state index is -3.52. The van der Waals surface area contributed by atoms with Gasteiger partial charge < -0.3 is 14.7 Å². The van der Waals surface area contributed by atoms with E-state index in [0.717, 1.165) is 34.9 Å². The summed E-state index contributed by atoms with van der Waals surface area (Å²) in [6.07, 6.45) is 3.51. The van der Waals surface area contributed by atoms with Crippen LogP contribution in [0.5, 0.6) is 0 Å². The number of carbonyl (C=O) groups excluding carboxylic acids is 1. The van der Waals surface area contributed by atoms with E-state index in [1.54, 1.807) is 25.7 Å². The monoisotopic (exact) mass is 544 g/mol. The Hall–Kier alpha value is -2.91. The van der Waals surface area contributed by atoms with Gasteiger partial charge in [0.1, 0.15) is 5.60 Å². The second-order valence-corrected chi connectivity index (χ2v) is 12.8. The van der Waals surface area contributed by atoms with E-state index in [0.29, 0.717) is 32.2 Å². The number of carboxylic acid groups (broad SMARTS) is 1. The van der Waals surface area contributed by atoms with E-state index >= 15 is 0 Å². The number of piperidine rings is 1. The summed E-state index contributed by atoms with van der Waals surface area (Å²) in [4.78, 5) is 27.0. The zero-order valence-electron chi connectivity index (χ0n) is 22.9. The number of aliphatic carboxylic acids is 1. The summed E-state index contributed by atoms with van der Waals surface area (Å²) in [5, 5.41) is 9.97. The minimum absolute atomic E-state index is 0.377. The molecule has 0 spiro atoms. The lowest BCUT2D eigenvalue weighted by Crippen LogP contribution is -2.58. The predicted octanol–water partition coefficient (Wildman–Crippen LogP) is 5.18. The van der Waals surface area contributed by atoms with Crippen LogP contribution in [0.2, 0.25) is 0 Å². The van der Waals surface area contributed by atoms with Gasteiger partial charge in [0.05, 0.1) is 18.2 Å². The number of sulfonamides is 1. The van der Waals surface area contributed by atoms with Gasteiger partial charge in [0, 0.05) is 12.6 Å². The van der Waals surface area contributed by atoms with Gasteiger partial charge in [-0.1, -0.05) is 61.9 Å². The molecule has 1 fully saturated rings. The average Bonchev–Trinajstić information content (AvgIpc) is 2.82. The van der Waals surface area contributed by atoms with Crippen molar-refractivity contribution in [1.29, 1.82) is 0 Å². The smallest absolute Gasteiger partial charge is 0.410 e. The summed E-state index contributed by atoms with van der Waals surface area (Å²) < 4.78 is 32.9. The van der Waals surface area contributed by atoms with Crippen LogP contribution < -0.4 is 4.72 Å². The molecular weight excluding hydrogens is 504 g/mol. The molecule has 0 aromatic heterocycles. The summed E-state index contributed by atoms with van der Waals surface area (Å²) in [6, 6.07) is 14.3. The quantitative estimate of drug-likeness (QED) is 0.450. The van der Waals surface area contributed by atoms with E-state index in [1.807, 2.05) is 55.5 Å². The predicted molar refractivity (Wildman–Crippen MR) is 149 cm³/mol. The number of ether oxygens (including phenoxy) is 1. The molecule has 0 bridgehead atoms. The number of hydrogen-bond donors (Lipinski definition) is 2. The first kappa shape index (κ1) is 29.6. The van der Waals surface area contributed by atoms with E-state index in [4.69, 9.17) is 4.74 Å². The molecule has 8 nitrogen and oxygen atoms in total. The van der Waals surface area contributed by atoms with Crippen molar-refractivity contribution in [3.05, 3.63) is 59.7 Å². The number of hydrogen-bond acceptors (Lipinski definition) is 5. The molecule has 0 radical (unpaired) electrons. The Labute approximate surface area is 226 Å². The van der Waals surface area contributed by atoms with Gasteiger partial charge in [-0.15, -0.1) is 0 Å². The van der Waals surface area contributed by atoms with Gasteiger partial charge in [-0.05, 0) is 68.7 Å². The molecule has 3 atom stereocenters. The fourth-order valence-corrected chi connectivity index (χ4v) is 6.03. The van der Waals surface area contributed by atoms with Crippen LogP contribution in [-0.4, -0.2) is 61.0 Å². The first-order valence-electron chi connectivity index (χ1n) is 13.2. The molecule has 2 N–H and O–H groups in total. The average molecular weight is 545 g/mol. The van der Waals surface area contributed by atoms with Crippen LogP contribution in [0.3, 0.4) is 0 Å². The highest BCUT2D eigenvalue weighted by molar-refractivity contribution is 7.88. The summed E-state index contributed by atoms with van der Waals surface area (Å²) in [7, 11) is -3.52. The first-order valence-corrected chi connectivity index (χ1v) is 15.1. The van der Waals surface area contributed by atoms with Crippen molar-refractivity contribution in [3.8, 4) is 11.1 Å². The molecule has 1 amide bonds. The van der Waals surface area contributed by atoms with Crippen LogP contribution >= 0.6 is 0 Å². The van der Waals surface area contributed by atoms with E-state index < -0.39 is 45.7 Å². The van der Waals surface area contributed by atoms with Gasteiger partial charge in [0.15, 0.2) is 0 Å². The van der Waals surface area contributed by atoms with Crippen molar-refractivity contribution in [3.63, 3.8) is 0 Å². The Morgan fingerprint density at radius 1 is 1.11 bits per heavy atom. The number of nitrogens with zero attached hydrogens (tertiary/aromatic N) is 1. The molecule has 208 valence electrons. The molecule has 3 rings (SSSR count). The van der Waals surface area contributed by atoms with E-state index in [1.165, 1.54) is 0 Å².